The Morgan fingerprint density at radius 1 is 1.42 bits per heavy atom. The second kappa shape index (κ2) is 5.15. The molecule has 1 atom stereocenters. The van der Waals surface area contributed by atoms with E-state index >= 15 is 0 Å². The van der Waals surface area contributed by atoms with E-state index in [0.29, 0.717) is 16.4 Å². The topological polar surface area (TPSA) is 82.5 Å². The molecule has 2 heterocycles. The highest BCUT2D eigenvalue weighted by atomic mass is 32.2. The Kier molecular flexibility index (Phi) is 3.73. The predicted octanol–water partition coefficient (Wildman–Crippen LogP) is 1.78. The molecule has 2 aromatic heterocycles. The number of aryl methyl sites for hydroxylation is 1. The lowest BCUT2D eigenvalue weighted by atomic mass is 10.5. The molecule has 0 radical (unpaired) electrons. The quantitative estimate of drug-likeness (QED) is 0.795. The van der Waals surface area contributed by atoms with Gasteiger partial charge in [-0.05, 0) is 24.3 Å². The maximum Gasteiger partial charge on any atom is 0.408 e. The van der Waals surface area contributed by atoms with Gasteiger partial charge in [-0.15, -0.1) is 5.10 Å². The van der Waals surface area contributed by atoms with Crippen LogP contribution in [0.25, 0.3) is 0 Å². The van der Waals surface area contributed by atoms with Crippen LogP contribution in [0.4, 0.5) is 13.2 Å². The number of hydrogen-bond acceptors (Lipinski definition) is 7. The van der Waals surface area contributed by atoms with Crippen molar-refractivity contribution in [1.82, 2.24) is 30.3 Å². The zero-order valence-corrected chi connectivity index (χ0v) is 10.7. The lowest BCUT2D eigenvalue weighted by molar-refractivity contribution is -0.144. The molecule has 0 spiro atoms. The van der Waals surface area contributed by atoms with Crippen LogP contribution in [-0.2, 0) is 6.54 Å². The van der Waals surface area contributed by atoms with Gasteiger partial charge in [-0.25, -0.2) is 4.68 Å². The molecular formula is C8H9F3N6OS. The zero-order chi connectivity index (χ0) is 14.0. The number of aromatic nitrogens is 6. The second-order valence-electron chi connectivity index (χ2n) is 3.67. The van der Waals surface area contributed by atoms with E-state index in [1.54, 1.807) is 13.8 Å². The van der Waals surface area contributed by atoms with Crippen LogP contribution < -0.4 is 0 Å². The molecule has 0 saturated heterocycles. The molecule has 0 fully saturated rings. The first-order chi connectivity index (χ1) is 8.85. The minimum Gasteiger partial charge on any atom is -0.338 e. The fraction of sp³-hybridized carbons (Fsp3) is 0.625. The van der Waals surface area contributed by atoms with Crippen LogP contribution in [0, 0.1) is 6.92 Å². The van der Waals surface area contributed by atoms with Crippen LogP contribution in [0.2, 0.25) is 0 Å². The molecule has 0 aliphatic heterocycles. The third-order valence-electron chi connectivity index (χ3n) is 2.00. The van der Waals surface area contributed by atoms with Crippen LogP contribution in [0.5, 0.6) is 0 Å². The maximum atomic E-state index is 12.3. The standard InChI is InChI=1S/C8H9F3N6OS/c1-4(6-12-5(2)14-18-6)19-7-13-15-16-17(7)3-8(9,10)11/h4H,3H2,1-2H3. The Morgan fingerprint density at radius 2 is 2.16 bits per heavy atom. The van der Waals surface area contributed by atoms with Gasteiger partial charge >= 0.3 is 6.18 Å². The Balaban J connectivity index is 2.09. The summed E-state index contributed by atoms with van der Waals surface area (Å²) in [5.41, 5.74) is 0. The van der Waals surface area contributed by atoms with Crippen molar-refractivity contribution in [2.24, 2.45) is 0 Å². The van der Waals surface area contributed by atoms with E-state index in [9.17, 15) is 13.2 Å². The van der Waals surface area contributed by atoms with Crippen molar-refractivity contribution in [3.63, 3.8) is 0 Å². The summed E-state index contributed by atoms with van der Waals surface area (Å²) in [4.78, 5) is 4.00. The Labute approximate surface area is 109 Å². The molecular weight excluding hydrogens is 285 g/mol. The predicted molar refractivity (Wildman–Crippen MR) is 57.2 cm³/mol. The van der Waals surface area contributed by atoms with E-state index in [1.165, 1.54) is 0 Å². The van der Waals surface area contributed by atoms with Crippen LogP contribution in [0.15, 0.2) is 9.68 Å². The van der Waals surface area contributed by atoms with Gasteiger partial charge in [0.15, 0.2) is 5.82 Å². The number of tetrazole rings is 1. The SMILES string of the molecule is Cc1noc(C(C)Sc2nnnn2CC(F)(F)F)n1. The summed E-state index contributed by atoms with van der Waals surface area (Å²) < 4.78 is 42.5. The van der Waals surface area contributed by atoms with Gasteiger partial charge in [-0.1, -0.05) is 16.9 Å². The first kappa shape index (κ1) is 13.8. The average molecular weight is 294 g/mol. The largest absolute Gasteiger partial charge is 0.408 e. The number of thioether (sulfide) groups is 1. The smallest absolute Gasteiger partial charge is 0.338 e. The molecule has 0 bridgehead atoms. The van der Waals surface area contributed by atoms with E-state index in [2.05, 4.69) is 25.7 Å². The second-order valence-corrected chi connectivity index (χ2v) is 4.98. The van der Waals surface area contributed by atoms with Crippen molar-refractivity contribution >= 4 is 11.8 Å². The van der Waals surface area contributed by atoms with E-state index in [4.69, 9.17) is 4.52 Å². The molecule has 104 valence electrons. The van der Waals surface area contributed by atoms with Gasteiger partial charge in [0.25, 0.3) is 0 Å². The Morgan fingerprint density at radius 3 is 2.74 bits per heavy atom. The van der Waals surface area contributed by atoms with Gasteiger partial charge in [0.05, 0.1) is 5.25 Å². The highest BCUT2D eigenvalue weighted by molar-refractivity contribution is 7.99. The summed E-state index contributed by atoms with van der Waals surface area (Å²) in [6.45, 7) is 2.13. The summed E-state index contributed by atoms with van der Waals surface area (Å²) in [6.07, 6.45) is -4.38. The highest BCUT2D eigenvalue weighted by Crippen LogP contribution is 2.32. The van der Waals surface area contributed by atoms with Crippen LogP contribution in [0.1, 0.15) is 23.9 Å². The lowest BCUT2D eigenvalue weighted by Crippen LogP contribution is -2.19. The molecule has 0 aromatic carbocycles. The number of rotatable bonds is 4. The van der Waals surface area contributed by atoms with Gasteiger partial charge < -0.3 is 4.52 Å². The number of alkyl halides is 3. The first-order valence-electron chi connectivity index (χ1n) is 5.15. The van der Waals surface area contributed by atoms with Gasteiger partial charge in [-0.2, -0.15) is 18.2 Å². The average Bonchev–Trinajstić information content (AvgIpc) is 2.86. The Hall–Kier alpha value is -1.65. The van der Waals surface area contributed by atoms with Crippen molar-refractivity contribution in [2.75, 3.05) is 0 Å². The minimum absolute atomic E-state index is 0.0423. The van der Waals surface area contributed by atoms with E-state index < -0.39 is 12.7 Å². The fourth-order valence-corrected chi connectivity index (χ4v) is 2.06. The van der Waals surface area contributed by atoms with Gasteiger partial charge in [-0.3, -0.25) is 0 Å². The monoisotopic (exact) mass is 294 g/mol. The van der Waals surface area contributed by atoms with Crippen LogP contribution in [-0.4, -0.2) is 36.5 Å². The highest BCUT2D eigenvalue weighted by Gasteiger charge is 2.31. The van der Waals surface area contributed by atoms with Crippen molar-refractivity contribution in [3.05, 3.63) is 11.7 Å². The number of nitrogens with zero attached hydrogens (tertiary/aromatic N) is 6. The molecule has 2 aromatic rings. The lowest BCUT2D eigenvalue weighted by Gasteiger charge is -2.08. The molecule has 0 N–H and O–H groups in total. The van der Waals surface area contributed by atoms with E-state index in [1.807, 2.05) is 0 Å². The van der Waals surface area contributed by atoms with Gasteiger partial charge in [0.2, 0.25) is 11.0 Å². The zero-order valence-electron chi connectivity index (χ0n) is 9.92. The van der Waals surface area contributed by atoms with E-state index in [0.717, 1.165) is 11.8 Å². The van der Waals surface area contributed by atoms with Crippen LogP contribution >= 0.6 is 11.8 Å². The summed E-state index contributed by atoms with van der Waals surface area (Å²) in [5, 5.41) is 13.4. The molecule has 0 aliphatic rings. The molecule has 7 nitrogen and oxygen atoms in total. The fourth-order valence-electron chi connectivity index (χ4n) is 1.24. The molecule has 2 rings (SSSR count). The van der Waals surface area contributed by atoms with Crippen molar-refractivity contribution in [2.45, 2.75) is 37.0 Å². The molecule has 0 saturated carbocycles. The first-order valence-corrected chi connectivity index (χ1v) is 6.03. The molecule has 0 amide bonds. The number of hydrogen-bond donors (Lipinski definition) is 0. The van der Waals surface area contributed by atoms with Crippen molar-refractivity contribution < 1.29 is 17.7 Å². The normalized spacial score (nSPS) is 13.7. The summed E-state index contributed by atoms with van der Waals surface area (Å²) in [7, 11) is 0. The molecule has 11 heteroatoms. The summed E-state index contributed by atoms with van der Waals surface area (Å²) in [5.74, 6) is 0.765. The molecule has 19 heavy (non-hydrogen) atoms. The third-order valence-corrected chi connectivity index (χ3v) is 3.06. The third kappa shape index (κ3) is 3.66. The maximum absolute atomic E-state index is 12.3. The van der Waals surface area contributed by atoms with Crippen LogP contribution in [0.3, 0.4) is 0 Å². The van der Waals surface area contributed by atoms with Crippen molar-refractivity contribution in [3.8, 4) is 0 Å². The molecule has 0 aliphatic carbocycles. The van der Waals surface area contributed by atoms with Crippen molar-refractivity contribution in [1.29, 1.82) is 0 Å². The van der Waals surface area contributed by atoms with E-state index in [-0.39, 0.29) is 10.4 Å². The number of halogens is 3. The summed E-state index contributed by atoms with van der Waals surface area (Å²) in [6, 6.07) is 0. The summed E-state index contributed by atoms with van der Waals surface area (Å²) >= 11 is 1.01. The Bertz CT molecular complexity index is 553. The molecule has 1 unspecified atom stereocenters. The van der Waals surface area contributed by atoms with Gasteiger partial charge in [0, 0.05) is 0 Å². The minimum atomic E-state index is -4.38. The van der Waals surface area contributed by atoms with Gasteiger partial charge in [0.1, 0.15) is 6.54 Å².